The number of nitrogens with zero attached hydrogens (tertiary/aromatic N) is 2. The first kappa shape index (κ1) is 15.2. The van der Waals surface area contributed by atoms with E-state index in [1.165, 1.54) is 0 Å². The van der Waals surface area contributed by atoms with Crippen LogP contribution in [0.5, 0.6) is 0 Å². The maximum atomic E-state index is 11.8. The molecule has 0 aliphatic heterocycles. The van der Waals surface area contributed by atoms with Crippen molar-refractivity contribution in [2.24, 2.45) is 0 Å². The molecule has 106 valence electrons. The second-order valence-corrected chi connectivity index (χ2v) is 4.37. The quantitative estimate of drug-likeness (QED) is 0.818. The number of imide groups is 1. The molecule has 0 saturated heterocycles. The lowest BCUT2D eigenvalue weighted by Gasteiger charge is -2.22. The summed E-state index contributed by atoms with van der Waals surface area (Å²) in [6.45, 7) is 6.26. The van der Waals surface area contributed by atoms with E-state index in [1.54, 1.807) is 25.8 Å². The first-order valence-electron chi connectivity index (χ1n) is 6.15. The van der Waals surface area contributed by atoms with Gasteiger partial charge in [-0.3, -0.25) is 15.0 Å². The molecule has 1 aromatic rings. The van der Waals surface area contributed by atoms with Gasteiger partial charge in [-0.05, 0) is 27.8 Å². The molecule has 1 atom stereocenters. The summed E-state index contributed by atoms with van der Waals surface area (Å²) in [5.74, 6) is 0.372. The fourth-order valence-electron chi connectivity index (χ4n) is 1.51. The summed E-state index contributed by atoms with van der Waals surface area (Å²) in [7, 11) is 1.78. The number of nitrogens with one attached hydrogen (secondary N) is 2. The van der Waals surface area contributed by atoms with Crippen molar-refractivity contribution in [3.8, 4) is 0 Å². The molecule has 7 nitrogen and oxygen atoms in total. The second-order valence-electron chi connectivity index (χ2n) is 4.37. The van der Waals surface area contributed by atoms with Gasteiger partial charge in [0.05, 0.1) is 11.7 Å². The maximum absolute atomic E-state index is 11.8. The summed E-state index contributed by atoms with van der Waals surface area (Å²) in [5, 5.41) is 8.64. The Balaban J connectivity index is 2.49. The predicted molar refractivity (Wildman–Crippen MR) is 69.4 cm³/mol. The van der Waals surface area contributed by atoms with Crippen molar-refractivity contribution in [2.45, 2.75) is 33.4 Å². The third kappa shape index (κ3) is 4.70. The van der Waals surface area contributed by atoms with Crippen LogP contribution in [0.25, 0.3) is 0 Å². The van der Waals surface area contributed by atoms with Gasteiger partial charge in [0.25, 0.3) is 0 Å². The van der Waals surface area contributed by atoms with E-state index in [1.807, 2.05) is 13.0 Å². The van der Waals surface area contributed by atoms with E-state index in [4.69, 9.17) is 4.52 Å². The van der Waals surface area contributed by atoms with Crippen molar-refractivity contribution < 1.29 is 14.1 Å². The van der Waals surface area contributed by atoms with E-state index in [9.17, 15) is 9.59 Å². The smallest absolute Gasteiger partial charge is 0.321 e. The SMILES string of the molecule is CCNC(=O)NC(=O)[C@@H](C)N(C)Cc1cc(C)on1. The van der Waals surface area contributed by atoms with Crippen molar-refractivity contribution in [1.29, 1.82) is 0 Å². The van der Waals surface area contributed by atoms with Gasteiger partial charge in [-0.1, -0.05) is 5.16 Å². The number of likely N-dealkylation sites (N-methyl/N-ethyl adjacent to an activating group) is 1. The summed E-state index contributed by atoms with van der Waals surface area (Å²) in [6.07, 6.45) is 0. The van der Waals surface area contributed by atoms with E-state index in [-0.39, 0.29) is 5.91 Å². The molecule has 0 aromatic carbocycles. The highest BCUT2D eigenvalue weighted by atomic mass is 16.5. The normalized spacial score (nSPS) is 12.3. The fourth-order valence-corrected chi connectivity index (χ4v) is 1.51. The molecule has 3 amide bonds. The van der Waals surface area contributed by atoms with Crippen LogP contribution in [0.15, 0.2) is 10.6 Å². The van der Waals surface area contributed by atoms with Crippen LogP contribution in [0.3, 0.4) is 0 Å². The molecule has 0 saturated carbocycles. The maximum Gasteiger partial charge on any atom is 0.321 e. The minimum Gasteiger partial charge on any atom is -0.361 e. The van der Waals surface area contributed by atoms with Gasteiger partial charge < -0.3 is 9.84 Å². The van der Waals surface area contributed by atoms with Crippen LogP contribution in [-0.4, -0.2) is 41.6 Å². The van der Waals surface area contributed by atoms with Gasteiger partial charge in [0, 0.05) is 19.2 Å². The average Bonchev–Trinajstić information content (AvgIpc) is 2.73. The number of urea groups is 1. The third-order valence-corrected chi connectivity index (χ3v) is 2.70. The van der Waals surface area contributed by atoms with Crippen LogP contribution in [0, 0.1) is 6.92 Å². The van der Waals surface area contributed by atoms with Crippen molar-refractivity contribution >= 4 is 11.9 Å². The van der Waals surface area contributed by atoms with Gasteiger partial charge in [-0.2, -0.15) is 0 Å². The van der Waals surface area contributed by atoms with E-state index >= 15 is 0 Å². The highest BCUT2D eigenvalue weighted by Crippen LogP contribution is 2.07. The standard InChI is InChI=1S/C12H20N4O3/c1-5-13-12(18)14-11(17)9(3)16(4)7-10-6-8(2)19-15-10/h6,9H,5,7H2,1-4H3,(H2,13,14,17,18)/t9-/m1/s1. The van der Waals surface area contributed by atoms with Crippen LogP contribution in [0.1, 0.15) is 25.3 Å². The van der Waals surface area contributed by atoms with E-state index < -0.39 is 12.1 Å². The van der Waals surface area contributed by atoms with Crippen LogP contribution < -0.4 is 10.6 Å². The van der Waals surface area contributed by atoms with Gasteiger partial charge in [0.2, 0.25) is 5.91 Å². The highest BCUT2D eigenvalue weighted by molar-refractivity contribution is 5.96. The number of rotatable bonds is 5. The molecule has 1 rings (SSSR count). The molecule has 1 heterocycles. The highest BCUT2D eigenvalue weighted by Gasteiger charge is 2.20. The predicted octanol–water partition coefficient (Wildman–Crippen LogP) is 0.649. The number of aryl methyl sites for hydroxylation is 1. The van der Waals surface area contributed by atoms with E-state index in [0.29, 0.717) is 13.1 Å². The van der Waals surface area contributed by atoms with Gasteiger partial charge in [-0.15, -0.1) is 0 Å². The lowest BCUT2D eigenvalue weighted by Crippen LogP contribution is -2.48. The molecule has 0 bridgehead atoms. The number of hydrogen-bond donors (Lipinski definition) is 2. The Bertz CT molecular complexity index is 444. The van der Waals surface area contributed by atoms with E-state index in [2.05, 4.69) is 15.8 Å². The molecule has 0 fully saturated rings. The summed E-state index contributed by atoms with van der Waals surface area (Å²) < 4.78 is 4.96. The van der Waals surface area contributed by atoms with Gasteiger partial charge in [-0.25, -0.2) is 4.79 Å². The topological polar surface area (TPSA) is 87.5 Å². The Hall–Kier alpha value is -1.89. The fraction of sp³-hybridized carbons (Fsp3) is 0.583. The Morgan fingerprint density at radius 3 is 2.74 bits per heavy atom. The monoisotopic (exact) mass is 268 g/mol. The van der Waals surface area contributed by atoms with Crippen molar-refractivity contribution in [3.05, 3.63) is 17.5 Å². The number of carbonyl (C=O) groups excluding carboxylic acids is 2. The molecule has 0 spiro atoms. The lowest BCUT2D eigenvalue weighted by atomic mass is 10.2. The molecule has 0 unspecified atom stereocenters. The Morgan fingerprint density at radius 2 is 2.21 bits per heavy atom. The minimum absolute atomic E-state index is 0.353. The number of amides is 3. The van der Waals surface area contributed by atoms with Crippen molar-refractivity contribution in [3.63, 3.8) is 0 Å². The minimum atomic E-state index is -0.481. The Kier molecular flexibility index (Phi) is 5.50. The summed E-state index contributed by atoms with van der Waals surface area (Å²) in [5.41, 5.74) is 0.748. The number of aromatic nitrogens is 1. The van der Waals surface area contributed by atoms with Crippen LogP contribution in [-0.2, 0) is 11.3 Å². The molecule has 0 radical (unpaired) electrons. The Morgan fingerprint density at radius 1 is 1.53 bits per heavy atom. The molecule has 19 heavy (non-hydrogen) atoms. The lowest BCUT2D eigenvalue weighted by molar-refractivity contribution is -0.124. The average molecular weight is 268 g/mol. The molecular weight excluding hydrogens is 248 g/mol. The zero-order valence-corrected chi connectivity index (χ0v) is 11.7. The molecule has 1 aromatic heterocycles. The van der Waals surface area contributed by atoms with Crippen LogP contribution in [0.2, 0.25) is 0 Å². The molecular formula is C12H20N4O3. The van der Waals surface area contributed by atoms with E-state index in [0.717, 1.165) is 11.5 Å². The zero-order valence-electron chi connectivity index (χ0n) is 11.7. The summed E-state index contributed by atoms with van der Waals surface area (Å²) in [6, 6.07) is 0.884. The van der Waals surface area contributed by atoms with Crippen LogP contribution >= 0.6 is 0 Å². The van der Waals surface area contributed by atoms with Gasteiger partial charge in [0.15, 0.2) is 0 Å². The number of hydrogen-bond acceptors (Lipinski definition) is 5. The largest absolute Gasteiger partial charge is 0.361 e. The van der Waals surface area contributed by atoms with Gasteiger partial charge >= 0.3 is 6.03 Å². The molecule has 0 aliphatic carbocycles. The summed E-state index contributed by atoms with van der Waals surface area (Å²) in [4.78, 5) is 24.8. The first-order chi connectivity index (χ1) is 8.93. The van der Waals surface area contributed by atoms with Gasteiger partial charge in [0.1, 0.15) is 5.76 Å². The van der Waals surface area contributed by atoms with Crippen molar-refractivity contribution in [1.82, 2.24) is 20.7 Å². The van der Waals surface area contributed by atoms with Crippen molar-refractivity contribution in [2.75, 3.05) is 13.6 Å². The second kappa shape index (κ2) is 6.89. The molecule has 0 aliphatic rings. The first-order valence-corrected chi connectivity index (χ1v) is 6.15. The summed E-state index contributed by atoms with van der Waals surface area (Å²) >= 11 is 0. The van der Waals surface area contributed by atoms with Crippen LogP contribution in [0.4, 0.5) is 4.79 Å². The third-order valence-electron chi connectivity index (χ3n) is 2.70. The zero-order chi connectivity index (χ0) is 14.4. The molecule has 7 heteroatoms. The number of carbonyl (C=O) groups is 2. The Labute approximate surface area is 112 Å². The molecule has 2 N–H and O–H groups in total.